The fourth-order valence-corrected chi connectivity index (χ4v) is 3.99. The van der Waals surface area contributed by atoms with Crippen LogP contribution < -0.4 is 0 Å². The minimum absolute atomic E-state index is 0.115. The van der Waals surface area contributed by atoms with Gasteiger partial charge < -0.3 is 0 Å². The van der Waals surface area contributed by atoms with E-state index in [-0.39, 0.29) is 5.41 Å². The monoisotopic (exact) mass is 466 g/mol. The molecule has 1 aromatic rings. The molecule has 0 heterocycles. The van der Waals surface area contributed by atoms with Crippen molar-refractivity contribution in [2.24, 2.45) is 0 Å². The van der Waals surface area contributed by atoms with Crippen LogP contribution in [0.25, 0.3) is 5.57 Å². The lowest BCUT2D eigenvalue weighted by Gasteiger charge is -2.27. The maximum Gasteiger partial charge on any atom is 0.00934 e. The highest BCUT2D eigenvalue weighted by Crippen LogP contribution is 2.34. The Morgan fingerprint density at radius 2 is 1.93 bits per heavy atom. The number of allylic oxidation sites excluding steroid dienone is 13. The standard InChI is InChI=1S/C26H27I/c1-4-9-22(18-20-11-15-24(27)16-12-20)23-14-13-21-10-7-5-6-8-17-26(2,3)25(21)19-23/h4-9,11,13-16,18-19H,1,10,12,17H2,2-3H3/b7-5-,8-6-,20-18-,22-9+. The van der Waals surface area contributed by atoms with Crippen LogP contribution in [0.1, 0.15) is 43.4 Å². The van der Waals surface area contributed by atoms with E-state index in [1.807, 2.05) is 6.08 Å². The topological polar surface area (TPSA) is 0 Å². The van der Waals surface area contributed by atoms with Gasteiger partial charge in [-0.1, -0.05) is 93.3 Å². The fraction of sp³-hybridized carbons (Fsp3) is 0.231. The van der Waals surface area contributed by atoms with E-state index in [1.54, 1.807) is 0 Å². The second kappa shape index (κ2) is 8.88. The highest BCUT2D eigenvalue weighted by Gasteiger charge is 2.23. The average Bonchev–Trinajstić information content (AvgIpc) is 2.72. The lowest BCUT2D eigenvalue weighted by Crippen LogP contribution is -2.18. The first kappa shape index (κ1) is 19.9. The summed E-state index contributed by atoms with van der Waals surface area (Å²) in [6, 6.07) is 6.95. The van der Waals surface area contributed by atoms with Gasteiger partial charge in [0.2, 0.25) is 0 Å². The number of hydrogen-bond donors (Lipinski definition) is 0. The van der Waals surface area contributed by atoms with Crippen molar-refractivity contribution in [3.05, 3.63) is 111 Å². The first-order valence-corrected chi connectivity index (χ1v) is 10.6. The van der Waals surface area contributed by atoms with Crippen molar-refractivity contribution in [3.8, 4) is 0 Å². The lowest BCUT2D eigenvalue weighted by molar-refractivity contribution is 0.530. The summed E-state index contributed by atoms with van der Waals surface area (Å²) in [6.45, 7) is 8.62. The third kappa shape index (κ3) is 5.10. The summed E-state index contributed by atoms with van der Waals surface area (Å²) in [5.74, 6) is 0. The Hall–Kier alpha value is -1.87. The Kier molecular flexibility index (Phi) is 6.54. The van der Waals surface area contributed by atoms with E-state index in [2.05, 4.69) is 116 Å². The van der Waals surface area contributed by atoms with Crippen LogP contribution in [0.4, 0.5) is 0 Å². The van der Waals surface area contributed by atoms with Crippen LogP contribution in [0.15, 0.2) is 94.7 Å². The molecule has 2 aliphatic rings. The van der Waals surface area contributed by atoms with Crippen molar-refractivity contribution < 1.29 is 0 Å². The molecule has 0 spiro atoms. The zero-order valence-electron chi connectivity index (χ0n) is 16.2. The normalized spacial score (nSPS) is 22.9. The zero-order valence-corrected chi connectivity index (χ0v) is 18.4. The quantitative estimate of drug-likeness (QED) is 0.315. The first-order chi connectivity index (χ1) is 13.0. The van der Waals surface area contributed by atoms with Gasteiger partial charge in [-0.3, -0.25) is 0 Å². The Bertz CT molecular complexity index is 898. The summed E-state index contributed by atoms with van der Waals surface area (Å²) in [4.78, 5) is 0. The molecule has 0 fully saturated rings. The average molecular weight is 466 g/mol. The number of halogens is 1. The molecule has 0 N–H and O–H groups in total. The molecule has 27 heavy (non-hydrogen) atoms. The predicted molar refractivity (Wildman–Crippen MR) is 128 cm³/mol. The second-order valence-electron chi connectivity index (χ2n) is 7.72. The lowest BCUT2D eigenvalue weighted by atomic mass is 9.77. The van der Waals surface area contributed by atoms with E-state index in [0.717, 1.165) is 19.3 Å². The van der Waals surface area contributed by atoms with E-state index in [9.17, 15) is 0 Å². The van der Waals surface area contributed by atoms with Gasteiger partial charge in [0.1, 0.15) is 0 Å². The summed E-state index contributed by atoms with van der Waals surface area (Å²) in [5.41, 5.74) is 6.79. The largest absolute Gasteiger partial charge is 0.0990 e. The molecule has 0 saturated carbocycles. The predicted octanol–water partition coefficient (Wildman–Crippen LogP) is 7.80. The van der Waals surface area contributed by atoms with Crippen LogP contribution >= 0.6 is 22.6 Å². The smallest absolute Gasteiger partial charge is 0.00934 e. The molecule has 0 saturated heterocycles. The third-order valence-corrected chi connectivity index (χ3v) is 5.95. The molecule has 3 rings (SSSR count). The molecular weight excluding hydrogens is 439 g/mol. The van der Waals surface area contributed by atoms with E-state index in [1.165, 1.54) is 31.4 Å². The molecule has 0 radical (unpaired) electrons. The summed E-state index contributed by atoms with van der Waals surface area (Å²) < 4.78 is 1.30. The van der Waals surface area contributed by atoms with Gasteiger partial charge in [-0.2, -0.15) is 0 Å². The van der Waals surface area contributed by atoms with Gasteiger partial charge in [0.25, 0.3) is 0 Å². The first-order valence-electron chi connectivity index (χ1n) is 9.52. The van der Waals surface area contributed by atoms with Gasteiger partial charge in [0.15, 0.2) is 0 Å². The van der Waals surface area contributed by atoms with Crippen molar-refractivity contribution >= 4 is 28.2 Å². The summed E-state index contributed by atoms with van der Waals surface area (Å²) in [5, 5.41) is 0. The zero-order chi connectivity index (χ0) is 19.3. The van der Waals surface area contributed by atoms with Crippen molar-refractivity contribution in [2.75, 3.05) is 0 Å². The van der Waals surface area contributed by atoms with Gasteiger partial charge in [-0.05, 0) is 81.2 Å². The van der Waals surface area contributed by atoms with Crippen LogP contribution in [-0.2, 0) is 11.8 Å². The summed E-state index contributed by atoms with van der Waals surface area (Å²) >= 11 is 2.37. The Morgan fingerprint density at radius 3 is 2.67 bits per heavy atom. The molecule has 0 atom stereocenters. The van der Waals surface area contributed by atoms with E-state index in [0.29, 0.717) is 0 Å². The molecule has 1 heteroatoms. The molecule has 0 amide bonds. The van der Waals surface area contributed by atoms with Gasteiger partial charge in [-0.25, -0.2) is 0 Å². The highest BCUT2D eigenvalue weighted by atomic mass is 127. The molecule has 0 unspecified atom stereocenters. The summed E-state index contributed by atoms with van der Waals surface area (Å²) in [7, 11) is 0. The van der Waals surface area contributed by atoms with Crippen molar-refractivity contribution in [3.63, 3.8) is 0 Å². The molecular formula is C26H27I. The number of fused-ring (bicyclic) bond motifs is 1. The fourth-order valence-electron chi connectivity index (χ4n) is 3.59. The van der Waals surface area contributed by atoms with Crippen LogP contribution in [0.3, 0.4) is 0 Å². The minimum atomic E-state index is 0.115. The van der Waals surface area contributed by atoms with Crippen molar-refractivity contribution in [2.45, 2.75) is 38.5 Å². The molecule has 0 aromatic heterocycles. The molecule has 138 valence electrons. The van der Waals surface area contributed by atoms with Crippen LogP contribution in [0, 0.1) is 0 Å². The number of rotatable bonds is 3. The van der Waals surface area contributed by atoms with Gasteiger partial charge in [0.05, 0.1) is 0 Å². The number of hydrogen-bond acceptors (Lipinski definition) is 0. The van der Waals surface area contributed by atoms with Crippen LogP contribution in [0.2, 0.25) is 0 Å². The van der Waals surface area contributed by atoms with E-state index >= 15 is 0 Å². The minimum Gasteiger partial charge on any atom is -0.0990 e. The molecule has 0 aliphatic heterocycles. The molecule has 0 bridgehead atoms. The van der Waals surface area contributed by atoms with Crippen LogP contribution in [0.5, 0.6) is 0 Å². The maximum atomic E-state index is 3.93. The SMILES string of the molecule is C=C/C=C(\C=C1\C=CC(I)=CC1)c1ccc2c(c1)C(C)(C)C/C=C\C=C/C2. The molecule has 0 nitrogen and oxygen atoms in total. The van der Waals surface area contributed by atoms with E-state index < -0.39 is 0 Å². The van der Waals surface area contributed by atoms with Gasteiger partial charge >= 0.3 is 0 Å². The number of benzene rings is 1. The third-order valence-electron chi connectivity index (χ3n) is 5.15. The van der Waals surface area contributed by atoms with Crippen molar-refractivity contribution in [1.82, 2.24) is 0 Å². The van der Waals surface area contributed by atoms with E-state index in [4.69, 9.17) is 0 Å². The Labute approximate surface area is 177 Å². The van der Waals surface area contributed by atoms with Gasteiger partial charge in [0, 0.05) is 3.58 Å². The molecule has 1 aromatic carbocycles. The maximum absolute atomic E-state index is 3.93. The Morgan fingerprint density at radius 1 is 1.11 bits per heavy atom. The van der Waals surface area contributed by atoms with Crippen molar-refractivity contribution in [1.29, 1.82) is 0 Å². The second-order valence-corrected chi connectivity index (χ2v) is 8.97. The van der Waals surface area contributed by atoms with Gasteiger partial charge in [-0.15, -0.1) is 0 Å². The molecule has 2 aliphatic carbocycles. The Balaban J connectivity index is 2.03. The summed E-state index contributed by atoms with van der Waals surface area (Å²) in [6.07, 6.45) is 24.8. The highest BCUT2D eigenvalue weighted by molar-refractivity contribution is 14.1. The van der Waals surface area contributed by atoms with Crippen LogP contribution in [-0.4, -0.2) is 0 Å².